The fourth-order valence-corrected chi connectivity index (χ4v) is 2.54. The fourth-order valence-electron chi connectivity index (χ4n) is 2.39. The predicted molar refractivity (Wildman–Crippen MR) is 89.7 cm³/mol. The van der Waals surface area contributed by atoms with E-state index in [1.54, 1.807) is 39.1 Å². The van der Waals surface area contributed by atoms with E-state index in [4.69, 9.17) is 16.3 Å². The molecule has 8 heteroatoms. The fraction of sp³-hybridized carbons (Fsp3) is 0.312. The van der Waals surface area contributed by atoms with Crippen molar-refractivity contribution in [3.05, 3.63) is 42.1 Å². The lowest BCUT2D eigenvalue weighted by molar-refractivity contribution is 0.0543. The number of fused-ring (bicyclic) bond motifs is 1. The minimum atomic E-state index is -0.936. The van der Waals surface area contributed by atoms with Crippen LogP contribution in [0.4, 0.5) is 9.18 Å². The molecule has 1 aliphatic rings. The molecule has 0 aromatic carbocycles. The number of pyridine rings is 1. The maximum atomic E-state index is 14.2. The standard InChI is InChI=1S/C16H16ClFN4O2/c1-16(2,3)24-15(23)22-8-10(9-5-4-6-19-13(9)22)12-11(18)7-20-14(17)21-12/h4-8,12H,1-3H3,(H,20,21). The number of carbonyl (C=O) groups excluding carboxylic acids is 1. The third kappa shape index (κ3) is 3.12. The first kappa shape index (κ1) is 16.4. The zero-order chi connectivity index (χ0) is 17.5. The first-order valence-corrected chi connectivity index (χ1v) is 7.69. The van der Waals surface area contributed by atoms with Gasteiger partial charge >= 0.3 is 6.09 Å². The van der Waals surface area contributed by atoms with Gasteiger partial charge in [-0.15, -0.1) is 0 Å². The van der Waals surface area contributed by atoms with Crippen molar-refractivity contribution in [2.45, 2.75) is 32.4 Å². The van der Waals surface area contributed by atoms with Crippen molar-refractivity contribution in [1.29, 1.82) is 0 Å². The Morgan fingerprint density at radius 3 is 2.92 bits per heavy atom. The van der Waals surface area contributed by atoms with Crippen molar-refractivity contribution in [2.75, 3.05) is 0 Å². The molecule has 0 bridgehead atoms. The van der Waals surface area contributed by atoms with Crippen LogP contribution in [0.1, 0.15) is 32.4 Å². The second-order valence-electron chi connectivity index (χ2n) is 6.31. The number of nitrogens with one attached hydrogen (secondary N) is 1. The Morgan fingerprint density at radius 2 is 2.21 bits per heavy atom. The maximum absolute atomic E-state index is 14.2. The van der Waals surface area contributed by atoms with E-state index >= 15 is 0 Å². The van der Waals surface area contributed by atoms with Gasteiger partial charge in [0.2, 0.25) is 0 Å². The van der Waals surface area contributed by atoms with Crippen LogP contribution >= 0.6 is 11.6 Å². The number of aliphatic imine (C=N–C) groups is 1. The number of halogens is 2. The van der Waals surface area contributed by atoms with Gasteiger partial charge in [-0.25, -0.2) is 23.7 Å². The molecule has 2 aromatic rings. The van der Waals surface area contributed by atoms with Crippen LogP contribution in [0.5, 0.6) is 0 Å². The summed E-state index contributed by atoms with van der Waals surface area (Å²) in [5.41, 5.74) is 0.195. The van der Waals surface area contributed by atoms with Crippen LogP contribution in [0.3, 0.4) is 0 Å². The molecule has 0 amide bonds. The van der Waals surface area contributed by atoms with Crippen LogP contribution in [0, 0.1) is 0 Å². The number of rotatable bonds is 1. The van der Waals surface area contributed by atoms with Gasteiger partial charge < -0.3 is 10.1 Å². The predicted octanol–water partition coefficient (Wildman–Crippen LogP) is 3.87. The summed E-state index contributed by atoms with van der Waals surface area (Å²) in [6.45, 7) is 5.30. The number of hydrogen-bond donors (Lipinski definition) is 1. The molecule has 0 saturated heterocycles. The number of amidine groups is 1. The largest absolute Gasteiger partial charge is 0.443 e. The van der Waals surface area contributed by atoms with E-state index in [1.807, 2.05) is 0 Å². The zero-order valence-electron chi connectivity index (χ0n) is 13.4. The average molecular weight is 351 g/mol. The molecular weight excluding hydrogens is 335 g/mol. The molecule has 0 saturated carbocycles. The van der Waals surface area contributed by atoms with E-state index in [0.717, 1.165) is 6.20 Å². The number of ether oxygens (including phenoxy) is 1. The van der Waals surface area contributed by atoms with Crippen LogP contribution in [0.25, 0.3) is 11.0 Å². The summed E-state index contributed by atoms with van der Waals surface area (Å²) in [7, 11) is 0. The summed E-state index contributed by atoms with van der Waals surface area (Å²) < 4.78 is 20.8. The first-order chi connectivity index (χ1) is 11.3. The van der Waals surface area contributed by atoms with E-state index in [-0.39, 0.29) is 5.29 Å². The van der Waals surface area contributed by atoms with E-state index in [1.165, 1.54) is 10.8 Å². The lowest BCUT2D eigenvalue weighted by Crippen LogP contribution is -2.27. The molecule has 0 radical (unpaired) electrons. The van der Waals surface area contributed by atoms with Gasteiger partial charge in [-0.3, -0.25) is 0 Å². The minimum absolute atomic E-state index is 0.0726. The molecule has 0 aliphatic carbocycles. The molecule has 1 atom stereocenters. The molecule has 2 aromatic heterocycles. The van der Waals surface area contributed by atoms with Gasteiger partial charge in [0.05, 0.1) is 0 Å². The number of aromatic nitrogens is 2. The summed E-state index contributed by atoms with van der Waals surface area (Å²) in [5.74, 6) is -0.508. The smallest absolute Gasteiger partial charge is 0.420 e. The van der Waals surface area contributed by atoms with Gasteiger partial charge in [0, 0.05) is 29.5 Å². The second kappa shape index (κ2) is 5.90. The monoisotopic (exact) mass is 350 g/mol. The van der Waals surface area contributed by atoms with Crippen LogP contribution in [0.15, 0.2) is 41.5 Å². The molecule has 1 aliphatic heterocycles. The van der Waals surface area contributed by atoms with Crippen molar-refractivity contribution in [1.82, 2.24) is 14.9 Å². The van der Waals surface area contributed by atoms with E-state index in [9.17, 15) is 9.18 Å². The molecule has 0 spiro atoms. The van der Waals surface area contributed by atoms with E-state index in [2.05, 4.69) is 15.3 Å². The SMILES string of the molecule is CC(C)(C)OC(=O)n1cc(C2N=C(Cl)NC=C2F)c2cccnc21. The van der Waals surface area contributed by atoms with Gasteiger partial charge in [-0.1, -0.05) is 0 Å². The van der Waals surface area contributed by atoms with E-state index in [0.29, 0.717) is 16.6 Å². The molecular formula is C16H16ClFN4O2. The molecule has 1 unspecified atom stereocenters. The molecule has 3 rings (SSSR count). The Bertz CT molecular complexity index is 867. The maximum Gasteiger partial charge on any atom is 0.420 e. The lowest BCUT2D eigenvalue weighted by atomic mass is 10.1. The zero-order valence-corrected chi connectivity index (χ0v) is 14.1. The molecule has 6 nitrogen and oxygen atoms in total. The summed E-state index contributed by atoms with van der Waals surface area (Å²) in [4.78, 5) is 20.7. The number of hydrogen-bond acceptors (Lipinski definition) is 5. The number of carbonyl (C=O) groups is 1. The third-order valence-electron chi connectivity index (χ3n) is 3.31. The molecule has 1 N–H and O–H groups in total. The van der Waals surface area contributed by atoms with Crippen LogP contribution in [-0.4, -0.2) is 26.5 Å². The van der Waals surface area contributed by atoms with Crippen molar-refractivity contribution in [3.8, 4) is 0 Å². The highest BCUT2D eigenvalue weighted by Crippen LogP contribution is 2.34. The second-order valence-corrected chi connectivity index (χ2v) is 6.66. The highest BCUT2D eigenvalue weighted by molar-refractivity contribution is 6.64. The van der Waals surface area contributed by atoms with Crippen molar-refractivity contribution < 1.29 is 13.9 Å². The Balaban J connectivity index is 2.12. The van der Waals surface area contributed by atoms with Gasteiger partial charge in [0.1, 0.15) is 23.1 Å². The van der Waals surface area contributed by atoms with Crippen LogP contribution in [0.2, 0.25) is 0 Å². The molecule has 126 valence electrons. The van der Waals surface area contributed by atoms with Gasteiger partial charge in [-0.2, -0.15) is 0 Å². The Morgan fingerprint density at radius 1 is 1.46 bits per heavy atom. The minimum Gasteiger partial charge on any atom is -0.443 e. The van der Waals surface area contributed by atoms with Crippen molar-refractivity contribution in [2.24, 2.45) is 4.99 Å². The lowest BCUT2D eigenvalue weighted by Gasteiger charge is -2.19. The molecule has 0 fully saturated rings. The quantitative estimate of drug-likeness (QED) is 0.793. The van der Waals surface area contributed by atoms with Crippen molar-refractivity contribution >= 4 is 34.0 Å². The van der Waals surface area contributed by atoms with Gasteiger partial charge in [0.25, 0.3) is 0 Å². The highest BCUT2D eigenvalue weighted by atomic mass is 35.5. The molecule has 24 heavy (non-hydrogen) atoms. The van der Waals surface area contributed by atoms with E-state index < -0.39 is 23.6 Å². The van der Waals surface area contributed by atoms with Gasteiger partial charge in [-0.05, 0) is 44.5 Å². The number of nitrogens with zero attached hydrogens (tertiary/aromatic N) is 3. The summed E-state index contributed by atoms with van der Waals surface area (Å²) >= 11 is 5.85. The van der Waals surface area contributed by atoms with Crippen LogP contribution in [-0.2, 0) is 4.74 Å². The Hall–Kier alpha value is -2.41. The summed E-state index contributed by atoms with van der Waals surface area (Å²) in [6.07, 6.45) is 3.60. The Labute approximate surface area is 143 Å². The molecule has 3 heterocycles. The summed E-state index contributed by atoms with van der Waals surface area (Å²) in [5, 5.41) is 3.18. The van der Waals surface area contributed by atoms with Gasteiger partial charge in [0.15, 0.2) is 5.29 Å². The van der Waals surface area contributed by atoms with Crippen molar-refractivity contribution in [3.63, 3.8) is 0 Å². The Kier molecular flexibility index (Phi) is 4.04. The first-order valence-electron chi connectivity index (χ1n) is 7.31. The highest BCUT2D eigenvalue weighted by Gasteiger charge is 2.27. The topological polar surface area (TPSA) is 68.5 Å². The average Bonchev–Trinajstić information content (AvgIpc) is 2.88. The third-order valence-corrected chi connectivity index (χ3v) is 3.52. The van der Waals surface area contributed by atoms with Crippen LogP contribution < -0.4 is 5.32 Å². The normalized spacial score (nSPS) is 18.0. The summed E-state index contributed by atoms with van der Waals surface area (Å²) in [6, 6.07) is 2.52.